The maximum atomic E-state index is 13.5. The first-order valence-corrected chi connectivity index (χ1v) is 18.9. The molecule has 13 nitrogen and oxygen atoms in total. The fourth-order valence-electron chi connectivity index (χ4n) is 7.71. The van der Waals surface area contributed by atoms with Crippen molar-refractivity contribution in [2.75, 3.05) is 20.7 Å². The number of rotatable bonds is 9. The maximum Gasteiger partial charge on any atom is 0.308 e. The van der Waals surface area contributed by atoms with Crippen molar-refractivity contribution in [3.05, 3.63) is 23.8 Å². The zero-order valence-corrected chi connectivity index (χ0v) is 32.7. The van der Waals surface area contributed by atoms with Crippen molar-refractivity contribution < 1.29 is 58.5 Å². The highest BCUT2D eigenvalue weighted by molar-refractivity contribution is 5.91. The summed E-state index contributed by atoms with van der Waals surface area (Å²) in [4.78, 5) is 40.7. The number of aliphatic hydroxyl groups is 4. The number of nitrogens with zero attached hydrogens (tertiary/aromatic N) is 1. The van der Waals surface area contributed by atoms with Gasteiger partial charge in [0.1, 0.15) is 18.5 Å². The Morgan fingerprint density at radius 2 is 1.52 bits per heavy atom. The monoisotopic (exact) mass is 739 g/mol. The lowest BCUT2D eigenvalue weighted by molar-refractivity contribution is -0.304. The van der Waals surface area contributed by atoms with Crippen LogP contribution in [0.2, 0.25) is 0 Å². The molecule has 3 heterocycles. The number of allylic oxidation sites excluding steroid dienone is 3. The van der Waals surface area contributed by atoms with Crippen molar-refractivity contribution in [1.29, 1.82) is 0 Å². The van der Waals surface area contributed by atoms with Crippen LogP contribution in [0.15, 0.2) is 23.8 Å². The van der Waals surface area contributed by atoms with E-state index in [2.05, 4.69) is 0 Å². The molecule has 0 radical (unpaired) electrons. The number of esters is 1. The van der Waals surface area contributed by atoms with Gasteiger partial charge in [0.15, 0.2) is 18.4 Å². The summed E-state index contributed by atoms with van der Waals surface area (Å²) in [6.45, 7) is 14.7. The number of ketones is 1. The number of hydrogen-bond acceptors (Lipinski definition) is 13. The van der Waals surface area contributed by atoms with E-state index < -0.39 is 97.1 Å². The van der Waals surface area contributed by atoms with E-state index in [0.29, 0.717) is 6.42 Å². The van der Waals surface area contributed by atoms with Gasteiger partial charge in [0.2, 0.25) is 0 Å². The molecule has 2 fully saturated rings. The number of aliphatic hydroxyl groups excluding tert-OH is 4. The van der Waals surface area contributed by atoms with Crippen molar-refractivity contribution in [3.63, 3.8) is 0 Å². The van der Waals surface area contributed by atoms with Gasteiger partial charge in [-0.1, -0.05) is 52.3 Å². The van der Waals surface area contributed by atoms with Crippen LogP contribution in [-0.2, 0) is 38.1 Å². The standard InChI is InChI=1S/C39H65NO12/c1-11-31-28(19-48-38-23(5)22(4)34(45)25(7)49-38)16-20(2)12-13-29(42)21(3)17-27(14-15-41)37(24(6)30(43)18-32(44)51-31)52-39-36(47)33(40(9)10)35(46)26(8)50-39/h12-13,15-16,21-28,30-31,33-39,43,45-47H,11,14,17-19H2,1-10H3/b13-12+,20-16+/t21-,22+,23-,24+,25-,26-,27+,28-,30-,31-,33+,34+,35-,36-,37-,38-,39+/m1/s1. The Labute approximate surface area is 309 Å². The number of ether oxygens (including phenoxy) is 5. The van der Waals surface area contributed by atoms with E-state index in [1.54, 1.807) is 52.8 Å². The van der Waals surface area contributed by atoms with Gasteiger partial charge in [0.25, 0.3) is 0 Å². The summed E-state index contributed by atoms with van der Waals surface area (Å²) in [5, 5.41) is 44.1. The summed E-state index contributed by atoms with van der Waals surface area (Å²) < 4.78 is 30.6. The number of carbonyl (C=O) groups is 3. The third-order valence-electron chi connectivity index (χ3n) is 11.4. The lowest BCUT2D eigenvalue weighted by atomic mass is 9.79. The molecule has 0 spiro atoms. The van der Waals surface area contributed by atoms with Gasteiger partial charge < -0.3 is 53.8 Å². The Kier molecular flexibility index (Phi) is 17.1. The SMILES string of the molecule is CC[C@H]1OC(=O)C[C@@H](O)[C@H](C)[C@@H](O[C@@H]2O[C@H](C)[C@@H](O)[C@H](N(C)C)[C@H]2O)[C@@H](CC=O)C[C@@H](C)C(=O)/C=C/C(C)=C/[C@@H]1CO[C@@H]1O[C@H](C)[C@@H](O)[C@@H](C)[C@H]1C. The van der Waals surface area contributed by atoms with E-state index in [9.17, 15) is 34.8 Å². The Morgan fingerprint density at radius 3 is 2.13 bits per heavy atom. The molecule has 0 aliphatic carbocycles. The molecule has 0 unspecified atom stereocenters. The molecule has 0 aromatic carbocycles. The minimum atomic E-state index is -1.28. The highest BCUT2D eigenvalue weighted by atomic mass is 16.7. The maximum absolute atomic E-state index is 13.5. The van der Waals surface area contributed by atoms with Crippen LogP contribution in [0, 0.1) is 35.5 Å². The summed E-state index contributed by atoms with van der Waals surface area (Å²) >= 11 is 0. The minimum Gasteiger partial charge on any atom is -0.462 e. The molecule has 3 aliphatic heterocycles. The first kappa shape index (κ1) is 44.3. The van der Waals surface area contributed by atoms with E-state index in [1.165, 1.54) is 6.08 Å². The van der Waals surface area contributed by atoms with Gasteiger partial charge in [0.05, 0.1) is 55.7 Å². The average Bonchev–Trinajstić information content (AvgIpc) is 3.08. The van der Waals surface area contributed by atoms with E-state index >= 15 is 0 Å². The van der Waals surface area contributed by atoms with Crippen molar-refractivity contribution in [2.45, 2.75) is 149 Å². The number of likely N-dealkylation sites (N-methyl/N-ethyl adjacent to an activating group) is 1. The predicted molar refractivity (Wildman–Crippen MR) is 193 cm³/mol. The second kappa shape index (κ2) is 20.0. The lowest BCUT2D eigenvalue weighted by Crippen LogP contribution is -2.63. The Morgan fingerprint density at radius 1 is 0.885 bits per heavy atom. The number of hydrogen-bond donors (Lipinski definition) is 4. The third kappa shape index (κ3) is 11.2. The van der Waals surface area contributed by atoms with E-state index in [-0.39, 0.29) is 43.5 Å². The molecule has 0 saturated carbocycles. The molecule has 298 valence electrons. The van der Waals surface area contributed by atoms with E-state index in [0.717, 1.165) is 11.9 Å². The summed E-state index contributed by atoms with van der Waals surface area (Å²) in [5.41, 5.74) is 0.750. The molecule has 3 aliphatic rings. The van der Waals surface area contributed by atoms with E-state index in [4.69, 9.17) is 23.7 Å². The van der Waals surface area contributed by atoms with Crippen molar-refractivity contribution >= 4 is 18.0 Å². The van der Waals surface area contributed by atoms with Gasteiger partial charge in [-0.3, -0.25) is 9.59 Å². The van der Waals surface area contributed by atoms with Crippen LogP contribution in [0.3, 0.4) is 0 Å². The second-order valence-corrected chi connectivity index (χ2v) is 15.7. The van der Waals surface area contributed by atoms with Crippen molar-refractivity contribution in [3.8, 4) is 0 Å². The Bertz CT molecular complexity index is 1230. The minimum absolute atomic E-state index is 0.00995. The molecule has 3 rings (SSSR count). The van der Waals surface area contributed by atoms with Gasteiger partial charge in [-0.25, -0.2) is 0 Å². The van der Waals surface area contributed by atoms with Gasteiger partial charge in [-0.05, 0) is 65.6 Å². The summed E-state index contributed by atoms with van der Waals surface area (Å²) in [7, 11) is 3.44. The molecule has 0 aromatic rings. The van der Waals surface area contributed by atoms with Crippen LogP contribution in [0.5, 0.6) is 0 Å². The zero-order valence-electron chi connectivity index (χ0n) is 32.7. The molecular formula is C39H65NO12. The fraction of sp³-hybridized carbons (Fsp3) is 0.821. The van der Waals surface area contributed by atoms with Crippen LogP contribution in [0.1, 0.15) is 81.1 Å². The number of cyclic esters (lactones) is 1. The molecule has 4 N–H and O–H groups in total. The fourth-order valence-corrected chi connectivity index (χ4v) is 7.71. The smallest absolute Gasteiger partial charge is 0.308 e. The highest BCUT2D eigenvalue weighted by Gasteiger charge is 2.47. The van der Waals surface area contributed by atoms with Crippen LogP contribution in [0.4, 0.5) is 0 Å². The predicted octanol–water partition coefficient (Wildman–Crippen LogP) is 2.80. The van der Waals surface area contributed by atoms with Crippen LogP contribution >= 0.6 is 0 Å². The quantitative estimate of drug-likeness (QED) is 0.200. The van der Waals surface area contributed by atoms with Crippen LogP contribution in [-0.4, -0.2) is 132 Å². The van der Waals surface area contributed by atoms with Gasteiger partial charge in [-0.15, -0.1) is 0 Å². The zero-order chi connectivity index (χ0) is 39.0. The second-order valence-electron chi connectivity index (χ2n) is 15.7. The molecule has 0 amide bonds. The van der Waals surface area contributed by atoms with E-state index in [1.807, 2.05) is 33.8 Å². The highest BCUT2D eigenvalue weighted by Crippen LogP contribution is 2.35. The van der Waals surface area contributed by atoms with Crippen LogP contribution in [0.25, 0.3) is 0 Å². The summed E-state index contributed by atoms with van der Waals surface area (Å²) in [6.07, 6.45) is -2.60. The third-order valence-corrected chi connectivity index (χ3v) is 11.4. The first-order valence-electron chi connectivity index (χ1n) is 18.9. The molecular weight excluding hydrogens is 674 g/mol. The van der Waals surface area contributed by atoms with Crippen LogP contribution < -0.4 is 0 Å². The lowest BCUT2D eigenvalue weighted by Gasteiger charge is -2.46. The largest absolute Gasteiger partial charge is 0.462 e. The molecule has 0 aromatic heterocycles. The van der Waals surface area contributed by atoms with Crippen molar-refractivity contribution in [1.82, 2.24) is 4.90 Å². The van der Waals surface area contributed by atoms with Gasteiger partial charge >= 0.3 is 5.97 Å². The molecule has 2 saturated heterocycles. The molecule has 17 atom stereocenters. The topological polar surface area (TPSA) is 182 Å². The van der Waals surface area contributed by atoms with Gasteiger partial charge in [-0.2, -0.15) is 0 Å². The molecule has 13 heteroatoms. The first-order chi connectivity index (χ1) is 24.4. The molecule has 52 heavy (non-hydrogen) atoms. The number of carbonyl (C=O) groups excluding carboxylic acids is 3. The van der Waals surface area contributed by atoms with Gasteiger partial charge in [0, 0.05) is 30.1 Å². The summed E-state index contributed by atoms with van der Waals surface area (Å²) in [6, 6.07) is -0.726. The normalized spacial score (nSPS) is 44.8. The van der Waals surface area contributed by atoms with Crippen molar-refractivity contribution in [2.24, 2.45) is 35.5 Å². The Hall–Kier alpha value is -2.07. The summed E-state index contributed by atoms with van der Waals surface area (Å²) in [5.74, 6) is -3.29. The molecule has 0 bridgehead atoms. The average molecular weight is 740 g/mol. The Balaban J connectivity index is 1.95. The number of aldehydes is 1.